The van der Waals surface area contributed by atoms with E-state index in [0.717, 1.165) is 25.1 Å². The second-order valence-electron chi connectivity index (χ2n) is 4.84. The van der Waals surface area contributed by atoms with Gasteiger partial charge in [0.2, 0.25) is 10.0 Å². The molecule has 0 aromatic heterocycles. The van der Waals surface area contributed by atoms with Gasteiger partial charge in [-0.15, -0.1) is 0 Å². The van der Waals surface area contributed by atoms with E-state index >= 15 is 0 Å². The first-order valence-electron chi connectivity index (χ1n) is 6.12. The molecule has 0 radical (unpaired) electrons. The van der Waals surface area contributed by atoms with E-state index in [-0.39, 0.29) is 10.9 Å². The molecular formula is C12H18BrN3O2S. The fourth-order valence-corrected chi connectivity index (χ4v) is 4.47. The van der Waals surface area contributed by atoms with Crippen molar-refractivity contribution in [1.29, 1.82) is 0 Å². The van der Waals surface area contributed by atoms with E-state index in [1.807, 2.05) is 13.1 Å². The minimum Gasteiger partial charge on any atom is -0.326 e. The Morgan fingerprint density at radius 3 is 2.84 bits per heavy atom. The number of benzene rings is 1. The third kappa shape index (κ3) is 3.55. The molecule has 0 bridgehead atoms. The van der Waals surface area contributed by atoms with E-state index in [2.05, 4.69) is 25.6 Å². The van der Waals surface area contributed by atoms with Crippen LogP contribution in [0.15, 0.2) is 27.6 Å². The summed E-state index contributed by atoms with van der Waals surface area (Å²) < 4.78 is 28.1. The first-order valence-corrected chi connectivity index (χ1v) is 8.39. The molecular weight excluding hydrogens is 330 g/mol. The van der Waals surface area contributed by atoms with Gasteiger partial charge >= 0.3 is 0 Å². The summed E-state index contributed by atoms with van der Waals surface area (Å²) in [5.74, 6) is 0. The number of rotatable bonds is 4. The first-order chi connectivity index (χ1) is 8.92. The van der Waals surface area contributed by atoms with Gasteiger partial charge in [-0.2, -0.15) is 0 Å². The fourth-order valence-electron chi connectivity index (χ4n) is 2.19. The highest BCUT2D eigenvalue weighted by Gasteiger charge is 2.26. The van der Waals surface area contributed by atoms with Crippen molar-refractivity contribution in [2.24, 2.45) is 5.73 Å². The number of likely N-dealkylation sites (N-methyl/N-ethyl adjacent to an activating group) is 1. The summed E-state index contributed by atoms with van der Waals surface area (Å²) in [4.78, 5) is 2.36. The van der Waals surface area contributed by atoms with Gasteiger partial charge in [-0.3, -0.25) is 0 Å². The quantitative estimate of drug-likeness (QED) is 0.848. The third-order valence-electron chi connectivity index (χ3n) is 3.23. The maximum atomic E-state index is 12.4. The van der Waals surface area contributed by atoms with Crippen LogP contribution in [-0.2, 0) is 16.6 Å². The summed E-state index contributed by atoms with van der Waals surface area (Å²) >= 11 is 3.29. The molecule has 1 aromatic carbocycles. The van der Waals surface area contributed by atoms with Crippen molar-refractivity contribution in [2.45, 2.75) is 23.9 Å². The molecule has 1 heterocycles. The van der Waals surface area contributed by atoms with Crippen LogP contribution >= 0.6 is 15.9 Å². The highest BCUT2D eigenvalue weighted by atomic mass is 79.9. The largest absolute Gasteiger partial charge is 0.326 e. The molecule has 3 N–H and O–H groups in total. The molecule has 7 heteroatoms. The normalized spacial score (nSPS) is 20.9. The zero-order valence-corrected chi connectivity index (χ0v) is 13.2. The van der Waals surface area contributed by atoms with Crippen molar-refractivity contribution < 1.29 is 8.42 Å². The minimum atomic E-state index is -3.51. The van der Waals surface area contributed by atoms with Gasteiger partial charge in [-0.25, -0.2) is 13.1 Å². The number of hydrogen-bond donors (Lipinski definition) is 2. The number of hydrogen-bond acceptors (Lipinski definition) is 4. The Kier molecular flexibility index (Phi) is 4.62. The van der Waals surface area contributed by atoms with Crippen LogP contribution in [0, 0.1) is 0 Å². The van der Waals surface area contributed by atoms with Gasteiger partial charge in [0.1, 0.15) is 0 Å². The van der Waals surface area contributed by atoms with Gasteiger partial charge in [0, 0.05) is 23.6 Å². The van der Waals surface area contributed by atoms with Crippen molar-refractivity contribution in [3.8, 4) is 0 Å². The van der Waals surface area contributed by atoms with E-state index in [9.17, 15) is 8.42 Å². The number of nitrogens with zero attached hydrogens (tertiary/aromatic N) is 1. The number of nitrogens with one attached hydrogen (secondary N) is 1. The van der Waals surface area contributed by atoms with E-state index < -0.39 is 10.0 Å². The molecule has 0 saturated carbocycles. The molecule has 1 saturated heterocycles. The number of nitrogens with two attached hydrogens (primary N) is 1. The molecule has 0 amide bonds. The summed E-state index contributed by atoms with van der Waals surface area (Å²) in [6, 6.07) is 5.12. The molecule has 2 rings (SSSR count). The van der Waals surface area contributed by atoms with Crippen LogP contribution < -0.4 is 10.5 Å². The molecule has 1 unspecified atom stereocenters. The van der Waals surface area contributed by atoms with Crippen molar-refractivity contribution in [1.82, 2.24) is 9.62 Å². The SMILES string of the molecule is CN1CCC(NS(=O)(=O)c2cc(CN)ccc2Br)C1. The number of likely N-dealkylation sites (tertiary alicyclic amines) is 1. The third-order valence-corrected chi connectivity index (χ3v) is 5.75. The monoisotopic (exact) mass is 347 g/mol. The molecule has 5 nitrogen and oxygen atoms in total. The van der Waals surface area contributed by atoms with Crippen molar-refractivity contribution in [3.05, 3.63) is 28.2 Å². The summed E-state index contributed by atoms with van der Waals surface area (Å²) in [6.07, 6.45) is 0.837. The average Bonchev–Trinajstić information content (AvgIpc) is 2.74. The smallest absolute Gasteiger partial charge is 0.241 e. The predicted molar refractivity (Wildman–Crippen MR) is 78.3 cm³/mol. The van der Waals surface area contributed by atoms with Gasteiger partial charge in [0.15, 0.2) is 0 Å². The molecule has 1 aliphatic rings. The second-order valence-corrected chi connectivity index (χ2v) is 7.37. The van der Waals surface area contributed by atoms with E-state index in [1.165, 1.54) is 0 Å². The highest BCUT2D eigenvalue weighted by molar-refractivity contribution is 9.10. The minimum absolute atomic E-state index is 0.0246. The zero-order valence-electron chi connectivity index (χ0n) is 10.8. The van der Waals surface area contributed by atoms with Crippen molar-refractivity contribution in [3.63, 3.8) is 0 Å². The van der Waals surface area contributed by atoms with Crippen LogP contribution in [0.3, 0.4) is 0 Å². The first kappa shape index (κ1) is 14.9. The van der Waals surface area contributed by atoms with Gasteiger partial charge < -0.3 is 10.6 Å². The zero-order chi connectivity index (χ0) is 14.0. The van der Waals surface area contributed by atoms with E-state index in [1.54, 1.807) is 12.1 Å². The lowest BCUT2D eigenvalue weighted by atomic mass is 10.2. The maximum Gasteiger partial charge on any atom is 0.241 e. The Balaban J connectivity index is 2.24. The Morgan fingerprint density at radius 1 is 1.53 bits per heavy atom. The van der Waals surface area contributed by atoms with Crippen LogP contribution in [0.25, 0.3) is 0 Å². The molecule has 1 atom stereocenters. The predicted octanol–water partition coefficient (Wildman–Crippen LogP) is 0.890. The van der Waals surface area contributed by atoms with Crippen LogP contribution in [0.5, 0.6) is 0 Å². The Labute approximate surface area is 122 Å². The summed E-state index contributed by atoms with van der Waals surface area (Å²) in [5.41, 5.74) is 6.35. The lowest BCUT2D eigenvalue weighted by Gasteiger charge is -2.15. The summed E-state index contributed by atoms with van der Waals surface area (Å²) in [5, 5.41) is 0. The Morgan fingerprint density at radius 2 is 2.26 bits per heavy atom. The number of sulfonamides is 1. The van der Waals surface area contributed by atoms with Crippen molar-refractivity contribution in [2.75, 3.05) is 20.1 Å². The molecule has 19 heavy (non-hydrogen) atoms. The summed E-state index contributed by atoms with van der Waals surface area (Å²) in [7, 11) is -1.52. The Hall–Kier alpha value is -0.470. The standard InChI is InChI=1S/C12H18BrN3O2S/c1-16-5-4-10(8-16)15-19(17,18)12-6-9(7-14)2-3-11(12)13/h2-3,6,10,15H,4-5,7-8,14H2,1H3. The van der Waals surface area contributed by atoms with Crippen molar-refractivity contribution >= 4 is 26.0 Å². The van der Waals surface area contributed by atoms with Crippen LogP contribution in [0.2, 0.25) is 0 Å². The molecule has 1 aromatic rings. The fraction of sp³-hybridized carbons (Fsp3) is 0.500. The number of halogens is 1. The van der Waals surface area contributed by atoms with Gasteiger partial charge in [-0.1, -0.05) is 6.07 Å². The van der Waals surface area contributed by atoms with Crippen LogP contribution in [-0.4, -0.2) is 39.5 Å². The van der Waals surface area contributed by atoms with Crippen LogP contribution in [0.1, 0.15) is 12.0 Å². The average molecular weight is 348 g/mol. The summed E-state index contributed by atoms with van der Waals surface area (Å²) in [6.45, 7) is 1.98. The molecule has 0 aliphatic carbocycles. The maximum absolute atomic E-state index is 12.4. The molecule has 1 fully saturated rings. The lowest BCUT2D eigenvalue weighted by molar-refractivity contribution is 0.407. The second kappa shape index (κ2) is 5.88. The van der Waals surface area contributed by atoms with Gasteiger partial charge in [-0.05, 0) is 53.6 Å². The topological polar surface area (TPSA) is 75.4 Å². The van der Waals surface area contributed by atoms with Crippen LogP contribution in [0.4, 0.5) is 0 Å². The molecule has 0 spiro atoms. The molecule has 1 aliphatic heterocycles. The van der Waals surface area contributed by atoms with Gasteiger partial charge in [0.05, 0.1) is 4.90 Å². The van der Waals surface area contributed by atoms with E-state index in [0.29, 0.717) is 11.0 Å². The molecule has 106 valence electrons. The van der Waals surface area contributed by atoms with Gasteiger partial charge in [0.25, 0.3) is 0 Å². The Bertz CT molecular complexity index is 562. The lowest BCUT2D eigenvalue weighted by Crippen LogP contribution is -2.36. The van der Waals surface area contributed by atoms with E-state index in [4.69, 9.17) is 5.73 Å². The highest BCUT2D eigenvalue weighted by Crippen LogP contribution is 2.24.